The van der Waals surface area contributed by atoms with Gasteiger partial charge in [0.15, 0.2) is 0 Å². The molecule has 18 heavy (non-hydrogen) atoms. The number of nitrogens with two attached hydrogens (primary N) is 1. The van der Waals surface area contributed by atoms with Crippen LogP contribution in [0, 0.1) is 5.92 Å². The smallest absolute Gasteiger partial charge is 0.0935 e. The fourth-order valence-corrected chi connectivity index (χ4v) is 2.74. The third kappa shape index (κ3) is 2.33. The van der Waals surface area contributed by atoms with Gasteiger partial charge in [0.2, 0.25) is 0 Å². The van der Waals surface area contributed by atoms with E-state index in [4.69, 9.17) is 10.3 Å². The Kier molecular flexibility index (Phi) is 3.17. The van der Waals surface area contributed by atoms with Gasteiger partial charge in [0.1, 0.15) is 0 Å². The van der Waals surface area contributed by atoms with Gasteiger partial charge >= 0.3 is 0 Å². The Morgan fingerprint density at radius 1 is 1.28 bits per heavy atom. The molecule has 0 bridgehead atoms. The number of rotatable bonds is 5. The second kappa shape index (κ2) is 4.96. The third-order valence-corrected chi connectivity index (χ3v) is 3.83. The molecule has 3 N–H and O–H groups in total. The summed E-state index contributed by atoms with van der Waals surface area (Å²) in [6, 6.07) is 13.0. The van der Waals surface area contributed by atoms with Crippen LogP contribution in [0.1, 0.15) is 23.5 Å². The van der Waals surface area contributed by atoms with Crippen LogP contribution >= 0.6 is 0 Å². The topological polar surface area (TPSA) is 51.2 Å². The molecule has 94 valence electrons. The normalized spacial score (nSPS) is 23.8. The maximum Gasteiger partial charge on any atom is 0.0935 e. The zero-order chi connectivity index (χ0) is 12.4. The van der Waals surface area contributed by atoms with E-state index < -0.39 is 0 Å². The summed E-state index contributed by atoms with van der Waals surface area (Å²) in [6.45, 7) is 0. The molecule has 0 aliphatic heterocycles. The quantitative estimate of drug-likeness (QED) is 0.625. The van der Waals surface area contributed by atoms with Crippen molar-refractivity contribution in [2.24, 2.45) is 11.8 Å². The summed E-state index contributed by atoms with van der Waals surface area (Å²) < 4.78 is 5.10. The van der Waals surface area contributed by atoms with Gasteiger partial charge in [0.25, 0.3) is 0 Å². The molecule has 1 heterocycles. The molecule has 1 aliphatic rings. The Morgan fingerprint density at radius 3 is 2.78 bits per heavy atom. The molecule has 0 saturated heterocycles. The minimum atomic E-state index is 0.327. The van der Waals surface area contributed by atoms with E-state index in [0.717, 1.165) is 6.42 Å². The summed E-state index contributed by atoms with van der Waals surface area (Å²) in [5, 5.41) is 0. The molecule has 3 nitrogen and oxygen atoms in total. The first-order chi connectivity index (χ1) is 8.88. The summed E-state index contributed by atoms with van der Waals surface area (Å²) in [5.41, 5.74) is 5.59. The van der Waals surface area contributed by atoms with Gasteiger partial charge in [0, 0.05) is 6.04 Å². The van der Waals surface area contributed by atoms with Crippen LogP contribution in [0.4, 0.5) is 0 Å². The molecule has 1 aliphatic carbocycles. The largest absolute Gasteiger partial charge is 0.472 e. The second-order valence-electron chi connectivity index (χ2n) is 5.03. The molecule has 1 fully saturated rings. The van der Waals surface area contributed by atoms with Crippen molar-refractivity contribution in [1.82, 2.24) is 5.43 Å². The number of hydrogen-bond donors (Lipinski definition) is 2. The molecule has 0 spiro atoms. The average molecular weight is 242 g/mol. The van der Waals surface area contributed by atoms with E-state index in [1.807, 2.05) is 6.07 Å². The molecule has 3 heteroatoms. The van der Waals surface area contributed by atoms with Crippen molar-refractivity contribution in [2.75, 3.05) is 0 Å². The maximum absolute atomic E-state index is 5.69. The van der Waals surface area contributed by atoms with Gasteiger partial charge in [-0.2, -0.15) is 0 Å². The predicted molar refractivity (Wildman–Crippen MR) is 70.8 cm³/mol. The van der Waals surface area contributed by atoms with Gasteiger partial charge < -0.3 is 4.42 Å². The van der Waals surface area contributed by atoms with Crippen LogP contribution in [0.15, 0.2) is 53.3 Å². The molecule has 0 amide bonds. The van der Waals surface area contributed by atoms with Gasteiger partial charge in [-0.1, -0.05) is 30.3 Å². The Bertz CT molecular complexity index is 480. The van der Waals surface area contributed by atoms with E-state index in [0.29, 0.717) is 17.9 Å². The van der Waals surface area contributed by atoms with Crippen LogP contribution in [0.2, 0.25) is 0 Å². The highest BCUT2D eigenvalue weighted by Gasteiger charge is 2.43. The molecule has 1 aromatic heterocycles. The average Bonchev–Trinajstić information content (AvgIpc) is 3.05. The van der Waals surface area contributed by atoms with Gasteiger partial charge in [-0.05, 0) is 41.9 Å². The summed E-state index contributed by atoms with van der Waals surface area (Å²) in [5.74, 6) is 6.97. The van der Waals surface area contributed by atoms with E-state index in [2.05, 4.69) is 35.8 Å². The number of furan rings is 1. The molecule has 0 radical (unpaired) electrons. The monoisotopic (exact) mass is 242 g/mol. The van der Waals surface area contributed by atoms with Crippen LogP contribution in [-0.2, 0) is 6.42 Å². The van der Waals surface area contributed by atoms with E-state index in [-0.39, 0.29) is 0 Å². The van der Waals surface area contributed by atoms with Gasteiger partial charge in [-0.15, -0.1) is 0 Å². The number of benzene rings is 1. The molecule has 2 aromatic rings. The van der Waals surface area contributed by atoms with Crippen LogP contribution in [0.3, 0.4) is 0 Å². The highest BCUT2D eigenvalue weighted by molar-refractivity contribution is 5.27. The second-order valence-corrected chi connectivity index (χ2v) is 5.03. The fraction of sp³-hybridized carbons (Fsp3) is 0.333. The van der Waals surface area contributed by atoms with E-state index >= 15 is 0 Å². The fourth-order valence-electron chi connectivity index (χ4n) is 2.74. The van der Waals surface area contributed by atoms with Gasteiger partial charge in [0.05, 0.1) is 12.5 Å². The SMILES string of the molecule is NNC(Cc1ccoc1)C1CC1c1ccccc1. The van der Waals surface area contributed by atoms with Crippen molar-refractivity contribution >= 4 is 0 Å². The summed E-state index contributed by atoms with van der Waals surface area (Å²) in [7, 11) is 0. The lowest BCUT2D eigenvalue weighted by atomic mass is 10.0. The lowest BCUT2D eigenvalue weighted by Gasteiger charge is -2.14. The van der Waals surface area contributed by atoms with Crippen molar-refractivity contribution in [3.05, 3.63) is 60.1 Å². The van der Waals surface area contributed by atoms with Crippen molar-refractivity contribution in [3.8, 4) is 0 Å². The number of hydrazine groups is 1. The first-order valence-corrected chi connectivity index (χ1v) is 6.40. The third-order valence-electron chi connectivity index (χ3n) is 3.83. The van der Waals surface area contributed by atoms with Crippen LogP contribution in [-0.4, -0.2) is 6.04 Å². The summed E-state index contributed by atoms with van der Waals surface area (Å²) in [6.07, 6.45) is 5.66. The van der Waals surface area contributed by atoms with Crippen LogP contribution < -0.4 is 11.3 Å². The molecular weight excluding hydrogens is 224 g/mol. The first-order valence-electron chi connectivity index (χ1n) is 6.40. The molecule has 1 saturated carbocycles. The van der Waals surface area contributed by atoms with E-state index in [9.17, 15) is 0 Å². The zero-order valence-electron chi connectivity index (χ0n) is 10.3. The standard InChI is InChI=1S/C15H18N2O/c16-17-15(8-11-6-7-18-10-11)14-9-13(14)12-4-2-1-3-5-12/h1-7,10,13-15,17H,8-9,16H2. The molecule has 3 atom stereocenters. The molecular formula is C15H18N2O. The Balaban J connectivity index is 1.65. The minimum absolute atomic E-state index is 0.327. The van der Waals surface area contributed by atoms with Crippen molar-refractivity contribution in [2.45, 2.75) is 24.8 Å². The molecule has 3 rings (SSSR count). The summed E-state index contributed by atoms with van der Waals surface area (Å²) in [4.78, 5) is 0. The first kappa shape index (κ1) is 11.5. The lowest BCUT2D eigenvalue weighted by Crippen LogP contribution is -2.38. The zero-order valence-corrected chi connectivity index (χ0v) is 10.3. The van der Waals surface area contributed by atoms with Crippen LogP contribution in [0.25, 0.3) is 0 Å². The van der Waals surface area contributed by atoms with Crippen molar-refractivity contribution < 1.29 is 4.42 Å². The van der Waals surface area contributed by atoms with Crippen molar-refractivity contribution in [3.63, 3.8) is 0 Å². The molecule has 1 aromatic carbocycles. The number of hydrogen-bond acceptors (Lipinski definition) is 3. The predicted octanol–water partition coefficient (Wildman–Crippen LogP) is 2.46. The van der Waals surface area contributed by atoms with E-state index in [1.54, 1.807) is 12.5 Å². The van der Waals surface area contributed by atoms with E-state index in [1.165, 1.54) is 17.5 Å². The van der Waals surface area contributed by atoms with Gasteiger partial charge in [-0.25, -0.2) is 0 Å². The maximum atomic E-state index is 5.69. The minimum Gasteiger partial charge on any atom is -0.472 e. The number of nitrogens with one attached hydrogen (secondary N) is 1. The van der Waals surface area contributed by atoms with Crippen molar-refractivity contribution in [1.29, 1.82) is 0 Å². The highest BCUT2D eigenvalue weighted by Crippen LogP contribution is 2.49. The lowest BCUT2D eigenvalue weighted by molar-refractivity contribution is 0.461. The Hall–Kier alpha value is -1.58. The van der Waals surface area contributed by atoms with Crippen LogP contribution in [0.5, 0.6) is 0 Å². The highest BCUT2D eigenvalue weighted by atomic mass is 16.3. The summed E-state index contributed by atoms with van der Waals surface area (Å²) >= 11 is 0. The van der Waals surface area contributed by atoms with Gasteiger partial charge in [-0.3, -0.25) is 11.3 Å². The Morgan fingerprint density at radius 2 is 2.11 bits per heavy atom. The molecule has 3 unspecified atom stereocenters. The Labute approximate surface area is 107 Å².